The molecule has 0 amide bonds. The summed E-state index contributed by atoms with van der Waals surface area (Å²) in [6.07, 6.45) is 0.501. The average molecular weight is 419 g/mol. The Hall–Kier alpha value is -0.826. The molecular weight excluding hydrogens is 384 g/mol. The molecule has 4 heteroatoms. The third kappa shape index (κ3) is 3.61. The maximum Gasteiger partial charge on any atom is 0.164 e. The van der Waals surface area contributed by atoms with Gasteiger partial charge < -0.3 is 0 Å². The molecule has 2 rings (SSSR count). The first-order valence-electron chi connectivity index (χ1n) is 9.84. The summed E-state index contributed by atoms with van der Waals surface area (Å²) in [5, 5.41) is 0.617. The van der Waals surface area contributed by atoms with Gasteiger partial charge in [0.1, 0.15) is 8.07 Å². The van der Waals surface area contributed by atoms with Crippen molar-refractivity contribution in [3.63, 3.8) is 0 Å². The lowest BCUT2D eigenvalue weighted by Crippen LogP contribution is -2.56. The summed E-state index contributed by atoms with van der Waals surface area (Å²) in [5.74, 6) is 4.02. The van der Waals surface area contributed by atoms with Gasteiger partial charge in [0.2, 0.25) is 0 Å². The first-order valence-corrected chi connectivity index (χ1v) is 16.2. The second-order valence-corrected chi connectivity index (χ2v) is 22.2. The fraction of sp³-hybridized carbons (Fsp3) is 0.609. The molecule has 0 heterocycles. The van der Waals surface area contributed by atoms with E-state index in [4.69, 9.17) is 11.6 Å². The highest BCUT2D eigenvalue weighted by Crippen LogP contribution is 2.54. The molecule has 148 valence electrons. The zero-order valence-corrected chi connectivity index (χ0v) is 21.5. The van der Waals surface area contributed by atoms with Gasteiger partial charge in [0.15, 0.2) is 5.78 Å². The Morgan fingerprint density at radius 2 is 1.56 bits per heavy atom. The number of carbonyl (C=O) groups excluding carboxylic acids is 1. The number of Topliss-reactive ketones (excluding diaryl/α,β-unsaturated/α-hetero) is 1. The van der Waals surface area contributed by atoms with Gasteiger partial charge in [0.05, 0.1) is 13.1 Å². The van der Waals surface area contributed by atoms with Crippen LogP contribution in [0.4, 0.5) is 0 Å². The van der Waals surface area contributed by atoms with Crippen molar-refractivity contribution in [3.8, 4) is 11.5 Å². The lowest BCUT2D eigenvalue weighted by atomic mass is 10.0. The summed E-state index contributed by atoms with van der Waals surface area (Å²) < 4.78 is 0. The molecule has 0 radical (unpaired) electrons. The Labute approximate surface area is 173 Å². The Morgan fingerprint density at radius 3 is 2.04 bits per heavy atom. The molecule has 1 aliphatic carbocycles. The molecule has 0 aliphatic heterocycles. The van der Waals surface area contributed by atoms with Gasteiger partial charge in [0.25, 0.3) is 0 Å². The van der Waals surface area contributed by atoms with Crippen molar-refractivity contribution in [1.82, 2.24) is 0 Å². The highest BCUT2D eigenvalue weighted by atomic mass is 35.5. The molecule has 1 aliphatic rings. The fourth-order valence-electron chi connectivity index (χ4n) is 3.46. The molecule has 0 bridgehead atoms. The summed E-state index contributed by atoms with van der Waals surface area (Å²) in [6, 6.07) is 5.76. The number of hydrogen-bond acceptors (Lipinski definition) is 1. The van der Waals surface area contributed by atoms with Crippen LogP contribution < -0.4 is 0 Å². The minimum atomic E-state index is -2.03. The second-order valence-electron chi connectivity index (χ2n) is 11.2. The Kier molecular flexibility index (Phi) is 5.50. The smallest absolute Gasteiger partial charge is 0.164 e. The van der Waals surface area contributed by atoms with E-state index in [0.29, 0.717) is 11.4 Å². The van der Waals surface area contributed by atoms with Crippen LogP contribution in [0.3, 0.4) is 0 Å². The maximum atomic E-state index is 13.0. The molecule has 0 spiro atoms. The standard InChI is InChI=1S/C23H35ClOSi2/c1-21(2,3)26(7,8)14-13-23(27(9,10)22(4,5)6)16-20(25)18-12-11-17(24)15-19(18)23/h11-12,15H,16H2,1-10H3. The molecule has 1 atom stereocenters. The number of carbonyl (C=O) groups is 1. The van der Waals surface area contributed by atoms with Crippen molar-refractivity contribution in [2.24, 2.45) is 0 Å². The van der Waals surface area contributed by atoms with Gasteiger partial charge >= 0.3 is 0 Å². The van der Waals surface area contributed by atoms with E-state index in [9.17, 15) is 4.79 Å². The zero-order chi connectivity index (χ0) is 21.1. The van der Waals surface area contributed by atoms with Crippen LogP contribution >= 0.6 is 11.6 Å². The normalized spacial score (nSPS) is 20.9. The predicted octanol–water partition coefficient (Wildman–Crippen LogP) is 7.26. The average Bonchev–Trinajstić information content (AvgIpc) is 2.76. The van der Waals surface area contributed by atoms with Crippen LogP contribution in [0.2, 0.25) is 41.3 Å². The largest absolute Gasteiger partial charge is 0.294 e. The van der Waals surface area contributed by atoms with Crippen LogP contribution in [-0.2, 0) is 5.04 Å². The minimum Gasteiger partial charge on any atom is -0.294 e. The first kappa shape index (κ1) is 22.5. The molecule has 1 aromatic carbocycles. The Morgan fingerprint density at radius 1 is 1.00 bits per heavy atom. The number of ketones is 1. The summed E-state index contributed by atoms with van der Waals surface area (Å²) >= 11 is 6.39. The van der Waals surface area contributed by atoms with Crippen molar-refractivity contribution in [2.75, 3.05) is 0 Å². The Bertz CT molecular complexity index is 829. The van der Waals surface area contributed by atoms with Gasteiger partial charge in [0, 0.05) is 17.0 Å². The number of fused-ring (bicyclic) bond motifs is 1. The molecule has 1 unspecified atom stereocenters. The van der Waals surface area contributed by atoms with Gasteiger partial charge in [-0.3, -0.25) is 4.79 Å². The fourth-order valence-corrected chi connectivity index (χ4v) is 7.80. The monoisotopic (exact) mass is 418 g/mol. The SMILES string of the molecule is CC(C)(C)[Si](C)(C)C#CC1([Si](C)(C)C(C)(C)C)CC(=O)c2ccc(Cl)cc21. The minimum absolute atomic E-state index is 0.110. The van der Waals surface area contributed by atoms with Crippen molar-refractivity contribution in [1.29, 1.82) is 0 Å². The first-order chi connectivity index (χ1) is 12.0. The van der Waals surface area contributed by atoms with Crippen LogP contribution in [0.15, 0.2) is 18.2 Å². The lowest BCUT2D eigenvalue weighted by Gasteiger charge is -2.48. The van der Waals surface area contributed by atoms with Crippen molar-refractivity contribution < 1.29 is 4.79 Å². The summed E-state index contributed by atoms with van der Waals surface area (Å²) in [7, 11) is -3.83. The van der Waals surface area contributed by atoms with E-state index in [1.54, 1.807) is 0 Å². The molecule has 1 nitrogen and oxygen atoms in total. The molecule has 27 heavy (non-hydrogen) atoms. The van der Waals surface area contributed by atoms with Gasteiger partial charge in [-0.15, -0.1) is 11.5 Å². The molecule has 0 fully saturated rings. The highest BCUT2D eigenvalue weighted by Gasteiger charge is 2.58. The van der Waals surface area contributed by atoms with Gasteiger partial charge in [-0.1, -0.05) is 79.3 Å². The van der Waals surface area contributed by atoms with E-state index in [2.05, 4.69) is 79.2 Å². The highest BCUT2D eigenvalue weighted by molar-refractivity contribution is 6.88. The molecule has 0 saturated carbocycles. The van der Waals surface area contributed by atoms with Crippen molar-refractivity contribution >= 4 is 33.5 Å². The van der Waals surface area contributed by atoms with Gasteiger partial charge in [-0.05, 0) is 33.8 Å². The summed E-state index contributed by atoms with van der Waals surface area (Å²) in [5.41, 5.74) is 5.68. The van der Waals surface area contributed by atoms with Crippen LogP contribution in [0.5, 0.6) is 0 Å². The van der Waals surface area contributed by atoms with Gasteiger partial charge in [-0.25, -0.2) is 0 Å². The third-order valence-electron chi connectivity index (χ3n) is 7.57. The summed E-state index contributed by atoms with van der Waals surface area (Å²) in [4.78, 5) is 13.0. The van der Waals surface area contributed by atoms with E-state index in [1.165, 1.54) is 0 Å². The molecule has 0 aromatic heterocycles. The number of benzene rings is 1. The van der Waals surface area contributed by atoms with Crippen LogP contribution in [0.25, 0.3) is 0 Å². The van der Waals surface area contributed by atoms with E-state index in [1.807, 2.05) is 18.2 Å². The van der Waals surface area contributed by atoms with E-state index in [-0.39, 0.29) is 20.9 Å². The predicted molar refractivity (Wildman–Crippen MR) is 124 cm³/mol. The topological polar surface area (TPSA) is 17.1 Å². The van der Waals surface area contributed by atoms with E-state index >= 15 is 0 Å². The van der Waals surface area contributed by atoms with Crippen molar-refractivity contribution in [3.05, 3.63) is 34.3 Å². The third-order valence-corrected chi connectivity index (χ3v) is 18.8. The molecular formula is C23H35ClOSi2. The van der Waals surface area contributed by atoms with Crippen LogP contribution in [0, 0.1) is 11.5 Å². The summed E-state index contributed by atoms with van der Waals surface area (Å²) in [6.45, 7) is 23.3. The van der Waals surface area contributed by atoms with Crippen LogP contribution in [0.1, 0.15) is 63.9 Å². The van der Waals surface area contributed by atoms with E-state index < -0.39 is 16.1 Å². The van der Waals surface area contributed by atoms with Crippen LogP contribution in [-0.4, -0.2) is 21.9 Å². The number of rotatable bonds is 1. The van der Waals surface area contributed by atoms with Gasteiger partial charge in [-0.2, -0.15) is 0 Å². The second kappa shape index (κ2) is 6.61. The number of hydrogen-bond donors (Lipinski definition) is 0. The molecule has 0 N–H and O–H groups in total. The Balaban J connectivity index is 2.84. The quantitative estimate of drug-likeness (QED) is 0.346. The molecule has 1 aromatic rings. The zero-order valence-electron chi connectivity index (χ0n) is 18.7. The molecule has 0 saturated heterocycles. The van der Waals surface area contributed by atoms with Crippen molar-refractivity contribution in [2.45, 2.75) is 89.3 Å². The number of halogens is 1. The van der Waals surface area contributed by atoms with E-state index in [0.717, 1.165) is 11.1 Å². The lowest BCUT2D eigenvalue weighted by molar-refractivity contribution is 0.0988. The maximum absolute atomic E-state index is 13.0.